The van der Waals surface area contributed by atoms with Crippen LogP contribution in [-0.2, 0) is 9.53 Å². The fourth-order valence-electron chi connectivity index (χ4n) is 2.14. The fraction of sp³-hybridized carbons (Fsp3) is 0.222. The summed E-state index contributed by atoms with van der Waals surface area (Å²) in [6.07, 6.45) is -0.256. The van der Waals surface area contributed by atoms with Crippen molar-refractivity contribution in [3.05, 3.63) is 47.7 Å². The Bertz CT molecular complexity index is 795. The molecule has 1 aromatic carbocycles. The van der Waals surface area contributed by atoms with Gasteiger partial charge in [-0.2, -0.15) is 5.26 Å². The van der Waals surface area contributed by atoms with Gasteiger partial charge in [0.05, 0.1) is 24.3 Å². The van der Waals surface area contributed by atoms with Crippen molar-refractivity contribution in [3.8, 4) is 23.1 Å². The fourth-order valence-corrected chi connectivity index (χ4v) is 2.14. The van der Waals surface area contributed by atoms with Crippen LogP contribution >= 0.6 is 0 Å². The molecular weight excluding hydrogens is 308 g/mol. The summed E-state index contributed by atoms with van der Waals surface area (Å²) in [5.74, 6) is -1.48. The van der Waals surface area contributed by atoms with Gasteiger partial charge in [0.1, 0.15) is 11.8 Å². The molecule has 0 aliphatic heterocycles. The van der Waals surface area contributed by atoms with Crippen LogP contribution in [0, 0.1) is 11.3 Å². The summed E-state index contributed by atoms with van der Waals surface area (Å²) in [6.45, 7) is 1.91. The molecular formula is C18H16N2O4. The number of nitriles is 1. The van der Waals surface area contributed by atoms with Crippen LogP contribution in [0.3, 0.4) is 0 Å². The summed E-state index contributed by atoms with van der Waals surface area (Å²) in [6, 6.07) is 12.3. The lowest BCUT2D eigenvalue weighted by Gasteiger charge is -2.08. The van der Waals surface area contributed by atoms with E-state index in [2.05, 4.69) is 4.98 Å². The molecule has 1 aromatic heterocycles. The molecule has 2 aromatic rings. The van der Waals surface area contributed by atoms with Crippen molar-refractivity contribution in [2.45, 2.75) is 19.8 Å². The molecule has 122 valence electrons. The van der Waals surface area contributed by atoms with Gasteiger partial charge < -0.3 is 9.84 Å². The molecule has 0 spiro atoms. The van der Waals surface area contributed by atoms with E-state index in [4.69, 9.17) is 10.00 Å². The summed E-state index contributed by atoms with van der Waals surface area (Å²) in [7, 11) is 0. The van der Waals surface area contributed by atoms with E-state index in [0.29, 0.717) is 11.3 Å². The lowest BCUT2D eigenvalue weighted by molar-refractivity contribution is -0.143. The van der Waals surface area contributed by atoms with Gasteiger partial charge in [0.15, 0.2) is 11.5 Å². The van der Waals surface area contributed by atoms with Crippen molar-refractivity contribution in [1.82, 2.24) is 4.98 Å². The van der Waals surface area contributed by atoms with Crippen molar-refractivity contribution < 1.29 is 19.4 Å². The van der Waals surface area contributed by atoms with Crippen molar-refractivity contribution in [2.24, 2.45) is 0 Å². The highest BCUT2D eigenvalue weighted by molar-refractivity contribution is 5.99. The maximum Gasteiger partial charge on any atom is 0.306 e. The summed E-state index contributed by atoms with van der Waals surface area (Å²) in [4.78, 5) is 27.8. The molecule has 1 N–H and O–H groups in total. The Kier molecular flexibility index (Phi) is 5.63. The maximum atomic E-state index is 12.3. The number of carbonyl (C=O) groups is 2. The van der Waals surface area contributed by atoms with Gasteiger partial charge in [-0.05, 0) is 13.0 Å². The highest BCUT2D eigenvalue weighted by Gasteiger charge is 2.20. The number of aromatic hydroxyl groups is 1. The van der Waals surface area contributed by atoms with Gasteiger partial charge in [-0.25, -0.2) is 4.98 Å². The van der Waals surface area contributed by atoms with E-state index in [1.807, 2.05) is 12.1 Å². The first-order chi connectivity index (χ1) is 11.6. The Morgan fingerprint density at radius 2 is 1.96 bits per heavy atom. The zero-order chi connectivity index (χ0) is 17.5. The van der Waals surface area contributed by atoms with Crippen LogP contribution < -0.4 is 0 Å². The minimum Gasteiger partial charge on any atom is -0.504 e. The normalized spacial score (nSPS) is 10.0. The van der Waals surface area contributed by atoms with Crippen molar-refractivity contribution in [1.29, 1.82) is 5.26 Å². The highest BCUT2D eigenvalue weighted by atomic mass is 16.5. The largest absolute Gasteiger partial charge is 0.504 e. The van der Waals surface area contributed by atoms with Crippen LogP contribution in [0.1, 0.15) is 35.8 Å². The summed E-state index contributed by atoms with van der Waals surface area (Å²) < 4.78 is 4.77. The lowest BCUT2D eigenvalue weighted by Crippen LogP contribution is -2.10. The van der Waals surface area contributed by atoms with E-state index < -0.39 is 17.5 Å². The van der Waals surface area contributed by atoms with Gasteiger partial charge in [-0.15, -0.1) is 0 Å². The minimum absolute atomic E-state index is 0.0386. The monoisotopic (exact) mass is 324 g/mol. The third-order valence-electron chi connectivity index (χ3n) is 3.31. The third kappa shape index (κ3) is 3.96. The van der Waals surface area contributed by atoms with E-state index in [1.165, 1.54) is 6.07 Å². The van der Waals surface area contributed by atoms with E-state index in [1.54, 1.807) is 31.2 Å². The van der Waals surface area contributed by atoms with Crippen LogP contribution in [0.15, 0.2) is 36.4 Å². The van der Waals surface area contributed by atoms with Crippen molar-refractivity contribution in [3.63, 3.8) is 0 Å². The molecule has 0 radical (unpaired) electrons. The molecule has 0 saturated heterocycles. The maximum absolute atomic E-state index is 12.3. The molecule has 0 amide bonds. The molecule has 0 aliphatic carbocycles. The average Bonchev–Trinajstić information content (AvgIpc) is 2.61. The summed E-state index contributed by atoms with van der Waals surface area (Å²) in [5.41, 5.74) is 0.874. The first-order valence-corrected chi connectivity index (χ1v) is 7.45. The van der Waals surface area contributed by atoms with Crippen LogP contribution in [0.4, 0.5) is 0 Å². The zero-order valence-corrected chi connectivity index (χ0v) is 13.2. The average molecular weight is 324 g/mol. The molecule has 2 rings (SSSR count). The number of pyridine rings is 1. The second-order valence-corrected chi connectivity index (χ2v) is 4.96. The molecule has 6 heteroatoms. The van der Waals surface area contributed by atoms with Gasteiger partial charge in [0.2, 0.25) is 0 Å². The van der Waals surface area contributed by atoms with Gasteiger partial charge in [-0.1, -0.05) is 30.3 Å². The standard InChI is InChI=1S/C18H16N2O4/c1-2-24-16(22)9-8-15(21)17-18(23)13(11-19)10-14(20-17)12-6-4-3-5-7-12/h3-7,10,23H,2,8-9H2,1H3. The predicted octanol–water partition coefficient (Wildman–Crippen LogP) is 2.85. The first kappa shape index (κ1) is 17.2. The zero-order valence-electron chi connectivity index (χ0n) is 13.2. The lowest BCUT2D eigenvalue weighted by atomic mass is 10.0. The SMILES string of the molecule is CCOC(=O)CCC(=O)c1nc(-c2ccccc2)cc(C#N)c1O. The number of carbonyl (C=O) groups excluding carboxylic acids is 2. The summed E-state index contributed by atoms with van der Waals surface area (Å²) in [5, 5.41) is 19.2. The smallest absolute Gasteiger partial charge is 0.306 e. The Morgan fingerprint density at radius 1 is 1.25 bits per heavy atom. The molecule has 0 atom stereocenters. The third-order valence-corrected chi connectivity index (χ3v) is 3.31. The van der Waals surface area contributed by atoms with Crippen LogP contribution in [-0.4, -0.2) is 28.4 Å². The number of nitrogens with zero attached hydrogens (tertiary/aromatic N) is 2. The van der Waals surface area contributed by atoms with Crippen LogP contribution in [0.25, 0.3) is 11.3 Å². The number of hydrogen-bond acceptors (Lipinski definition) is 6. The van der Waals surface area contributed by atoms with Crippen molar-refractivity contribution >= 4 is 11.8 Å². The number of rotatable bonds is 6. The Labute approximate surface area is 139 Å². The number of hydrogen-bond donors (Lipinski definition) is 1. The molecule has 6 nitrogen and oxygen atoms in total. The minimum atomic E-state index is -0.519. The van der Waals surface area contributed by atoms with E-state index in [0.717, 1.165) is 0 Å². The Morgan fingerprint density at radius 3 is 2.58 bits per heavy atom. The van der Waals surface area contributed by atoms with E-state index in [9.17, 15) is 14.7 Å². The molecule has 0 fully saturated rings. The van der Waals surface area contributed by atoms with Gasteiger partial charge >= 0.3 is 5.97 Å². The molecule has 0 bridgehead atoms. The summed E-state index contributed by atoms with van der Waals surface area (Å²) >= 11 is 0. The van der Waals surface area contributed by atoms with Crippen molar-refractivity contribution in [2.75, 3.05) is 6.61 Å². The second-order valence-electron chi connectivity index (χ2n) is 4.96. The van der Waals surface area contributed by atoms with Crippen LogP contribution in [0.2, 0.25) is 0 Å². The first-order valence-electron chi connectivity index (χ1n) is 7.45. The number of aromatic nitrogens is 1. The van der Waals surface area contributed by atoms with E-state index >= 15 is 0 Å². The second kappa shape index (κ2) is 7.88. The number of esters is 1. The Balaban J connectivity index is 2.33. The number of ether oxygens (including phenoxy) is 1. The molecule has 0 unspecified atom stereocenters. The van der Waals surface area contributed by atoms with E-state index in [-0.39, 0.29) is 30.7 Å². The highest BCUT2D eigenvalue weighted by Crippen LogP contribution is 2.27. The number of benzene rings is 1. The quantitative estimate of drug-likeness (QED) is 0.648. The molecule has 0 saturated carbocycles. The van der Waals surface area contributed by atoms with Gasteiger partial charge in [-0.3, -0.25) is 9.59 Å². The number of ketones is 1. The van der Waals surface area contributed by atoms with Crippen LogP contribution in [0.5, 0.6) is 5.75 Å². The molecule has 24 heavy (non-hydrogen) atoms. The Hall–Kier alpha value is -3.20. The topological polar surface area (TPSA) is 100 Å². The van der Waals surface area contributed by atoms with Gasteiger partial charge in [0.25, 0.3) is 0 Å². The molecule has 1 heterocycles. The molecule has 0 aliphatic rings. The predicted molar refractivity (Wildman–Crippen MR) is 86.3 cm³/mol. The number of Topliss-reactive ketones (excluding diaryl/α,β-unsaturated/α-hetero) is 1. The van der Waals surface area contributed by atoms with Gasteiger partial charge in [0, 0.05) is 12.0 Å².